The van der Waals surface area contributed by atoms with Gasteiger partial charge in [0.15, 0.2) is 0 Å². The number of hydrogen-bond donors (Lipinski definition) is 3. The Hall–Kier alpha value is -1.35. The molecule has 1 aromatic heterocycles. The fourth-order valence-corrected chi connectivity index (χ4v) is 1.32. The lowest BCUT2D eigenvalue weighted by molar-refractivity contribution is 0.0215. The summed E-state index contributed by atoms with van der Waals surface area (Å²) in [6, 6.07) is 3.16. The fraction of sp³-hybridized carbons (Fsp3) is 0.333. The van der Waals surface area contributed by atoms with Crippen molar-refractivity contribution in [3.8, 4) is 6.07 Å². The fourth-order valence-electron chi connectivity index (χ4n) is 1.10. The van der Waals surface area contributed by atoms with Crippen molar-refractivity contribution in [2.75, 3.05) is 5.73 Å². The normalized spacial score (nSPS) is 14.3. The van der Waals surface area contributed by atoms with Crippen LogP contribution in [0.25, 0.3) is 0 Å². The summed E-state index contributed by atoms with van der Waals surface area (Å²) in [5.74, 6) is 0. The number of nitrogens with zero attached hydrogens (tertiary/aromatic N) is 2. The molecule has 5 nitrogen and oxygen atoms in total. The van der Waals surface area contributed by atoms with Crippen molar-refractivity contribution >= 4 is 17.3 Å². The van der Waals surface area contributed by atoms with Gasteiger partial charge in [0.2, 0.25) is 0 Å². The monoisotopic (exact) mass is 227 g/mol. The molecule has 15 heavy (non-hydrogen) atoms. The predicted octanol–water partition coefficient (Wildman–Crippen LogP) is 0.625. The summed E-state index contributed by atoms with van der Waals surface area (Å²) in [6.45, 7) is 0. The molecule has 6 heteroatoms. The first-order chi connectivity index (χ1) is 7.06. The molecule has 0 fully saturated rings. The number of rotatable bonds is 3. The molecular weight excluding hydrogens is 218 g/mol. The van der Waals surface area contributed by atoms with Crippen molar-refractivity contribution in [3.05, 3.63) is 23.0 Å². The number of nitrogens with two attached hydrogens (primary N) is 1. The first kappa shape index (κ1) is 11.7. The van der Waals surface area contributed by atoms with E-state index in [0.29, 0.717) is 5.69 Å². The Balaban J connectivity index is 2.95. The van der Waals surface area contributed by atoms with Crippen molar-refractivity contribution in [1.82, 2.24) is 4.98 Å². The van der Waals surface area contributed by atoms with Crippen LogP contribution in [-0.2, 0) is 0 Å². The van der Waals surface area contributed by atoms with Crippen molar-refractivity contribution in [1.29, 1.82) is 5.26 Å². The van der Waals surface area contributed by atoms with Gasteiger partial charge in [0.25, 0.3) is 0 Å². The number of aliphatic hydroxyl groups excluding tert-OH is 2. The maximum atomic E-state index is 9.64. The van der Waals surface area contributed by atoms with Crippen LogP contribution in [0.5, 0.6) is 0 Å². The highest BCUT2D eigenvalue weighted by Crippen LogP contribution is 2.26. The van der Waals surface area contributed by atoms with E-state index < -0.39 is 12.2 Å². The minimum Gasteiger partial charge on any atom is -0.397 e. The summed E-state index contributed by atoms with van der Waals surface area (Å²) in [7, 11) is 0. The summed E-state index contributed by atoms with van der Waals surface area (Å²) < 4.78 is 0. The third-order valence-electron chi connectivity index (χ3n) is 1.87. The van der Waals surface area contributed by atoms with Crippen LogP contribution in [0.2, 0.25) is 5.15 Å². The van der Waals surface area contributed by atoms with Crippen LogP contribution in [0.4, 0.5) is 5.69 Å². The molecule has 0 aliphatic heterocycles. The smallest absolute Gasteiger partial charge is 0.135 e. The molecule has 0 aliphatic carbocycles. The molecule has 0 amide bonds. The van der Waals surface area contributed by atoms with Gasteiger partial charge in [0.1, 0.15) is 11.3 Å². The number of aromatic nitrogens is 1. The molecule has 0 saturated heterocycles. The third-order valence-corrected chi connectivity index (χ3v) is 2.19. The van der Waals surface area contributed by atoms with Crippen LogP contribution in [0.1, 0.15) is 18.1 Å². The summed E-state index contributed by atoms with van der Waals surface area (Å²) in [5.41, 5.74) is 6.01. The SMILES string of the molecule is N#CCC(O)C(O)c1cc(N)cnc1Cl. The Bertz CT molecular complexity index is 391. The molecule has 2 unspecified atom stereocenters. The minimum atomic E-state index is -1.26. The molecule has 1 rings (SSSR count). The molecule has 1 heterocycles. The Kier molecular flexibility index (Phi) is 3.86. The van der Waals surface area contributed by atoms with Gasteiger partial charge in [-0.15, -0.1) is 0 Å². The summed E-state index contributed by atoms with van der Waals surface area (Å²) in [6.07, 6.45) is -1.30. The molecule has 0 bridgehead atoms. The van der Waals surface area contributed by atoms with Gasteiger partial charge in [0.05, 0.1) is 30.5 Å². The zero-order valence-electron chi connectivity index (χ0n) is 7.76. The largest absolute Gasteiger partial charge is 0.397 e. The average molecular weight is 228 g/mol. The minimum absolute atomic E-state index is 0.0636. The zero-order chi connectivity index (χ0) is 11.4. The average Bonchev–Trinajstić information content (AvgIpc) is 2.21. The van der Waals surface area contributed by atoms with Crippen molar-refractivity contribution < 1.29 is 10.2 Å². The number of nitrogen functional groups attached to an aromatic ring is 1. The van der Waals surface area contributed by atoms with E-state index in [4.69, 9.17) is 22.6 Å². The van der Waals surface area contributed by atoms with Crippen LogP contribution >= 0.6 is 11.6 Å². The Labute approximate surface area is 91.7 Å². The van der Waals surface area contributed by atoms with Gasteiger partial charge in [0, 0.05) is 5.56 Å². The van der Waals surface area contributed by atoms with E-state index in [1.54, 1.807) is 6.07 Å². The summed E-state index contributed by atoms with van der Waals surface area (Å²) >= 11 is 5.71. The first-order valence-electron chi connectivity index (χ1n) is 4.20. The van der Waals surface area contributed by atoms with E-state index >= 15 is 0 Å². The summed E-state index contributed by atoms with van der Waals surface area (Å²) in [4.78, 5) is 3.73. The van der Waals surface area contributed by atoms with Crippen molar-refractivity contribution in [2.24, 2.45) is 0 Å². The lowest BCUT2D eigenvalue weighted by atomic mass is 10.0. The van der Waals surface area contributed by atoms with Crippen LogP contribution < -0.4 is 5.73 Å². The number of hydrogen-bond acceptors (Lipinski definition) is 5. The van der Waals surface area contributed by atoms with E-state index in [9.17, 15) is 10.2 Å². The van der Waals surface area contributed by atoms with Crippen molar-refractivity contribution in [3.63, 3.8) is 0 Å². The van der Waals surface area contributed by atoms with Gasteiger partial charge in [-0.3, -0.25) is 0 Å². The first-order valence-corrected chi connectivity index (χ1v) is 4.58. The Morgan fingerprint density at radius 3 is 2.87 bits per heavy atom. The van der Waals surface area contributed by atoms with Crippen LogP contribution in [0, 0.1) is 11.3 Å². The molecule has 0 saturated carbocycles. The Morgan fingerprint density at radius 1 is 1.60 bits per heavy atom. The number of aliphatic hydroxyl groups is 2. The molecule has 0 spiro atoms. The van der Waals surface area contributed by atoms with Gasteiger partial charge in [-0.1, -0.05) is 11.6 Å². The lowest BCUT2D eigenvalue weighted by Crippen LogP contribution is -2.18. The van der Waals surface area contributed by atoms with Gasteiger partial charge < -0.3 is 15.9 Å². The predicted molar refractivity (Wildman–Crippen MR) is 54.9 cm³/mol. The van der Waals surface area contributed by atoms with Gasteiger partial charge >= 0.3 is 0 Å². The van der Waals surface area contributed by atoms with Crippen LogP contribution in [0.3, 0.4) is 0 Å². The van der Waals surface area contributed by atoms with E-state index in [0.717, 1.165) is 0 Å². The summed E-state index contributed by atoms with van der Waals surface area (Å²) in [5, 5.41) is 27.5. The zero-order valence-corrected chi connectivity index (χ0v) is 8.52. The third kappa shape index (κ3) is 2.80. The van der Waals surface area contributed by atoms with Gasteiger partial charge in [-0.2, -0.15) is 5.26 Å². The molecular formula is C9H10ClN3O2. The second-order valence-corrected chi connectivity index (χ2v) is 3.38. The quantitative estimate of drug-likeness (QED) is 0.657. The molecule has 1 aromatic rings. The topological polar surface area (TPSA) is 103 Å². The maximum absolute atomic E-state index is 9.64. The van der Waals surface area contributed by atoms with Gasteiger partial charge in [-0.05, 0) is 6.07 Å². The number of anilines is 1. The molecule has 0 radical (unpaired) electrons. The molecule has 2 atom stereocenters. The molecule has 80 valence electrons. The highest BCUT2D eigenvalue weighted by Gasteiger charge is 2.21. The maximum Gasteiger partial charge on any atom is 0.135 e. The standard InChI is InChI=1S/C9H10ClN3O2/c10-9-6(3-5(12)4-13-9)8(15)7(14)1-2-11/h3-4,7-8,14-15H,1,12H2. The van der Waals surface area contributed by atoms with E-state index in [2.05, 4.69) is 4.98 Å². The highest BCUT2D eigenvalue weighted by molar-refractivity contribution is 6.30. The van der Waals surface area contributed by atoms with E-state index in [-0.39, 0.29) is 17.1 Å². The van der Waals surface area contributed by atoms with Crippen LogP contribution in [-0.4, -0.2) is 21.3 Å². The molecule has 0 aliphatic rings. The van der Waals surface area contributed by atoms with Gasteiger partial charge in [-0.25, -0.2) is 4.98 Å². The number of nitriles is 1. The molecule has 0 aromatic carbocycles. The number of halogens is 1. The highest BCUT2D eigenvalue weighted by atomic mass is 35.5. The lowest BCUT2D eigenvalue weighted by Gasteiger charge is -2.16. The van der Waals surface area contributed by atoms with Crippen LogP contribution in [0.15, 0.2) is 12.3 Å². The second-order valence-electron chi connectivity index (χ2n) is 3.02. The van der Waals surface area contributed by atoms with Crippen molar-refractivity contribution in [2.45, 2.75) is 18.6 Å². The number of pyridine rings is 1. The van der Waals surface area contributed by atoms with E-state index in [1.807, 2.05) is 0 Å². The molecule has 4 N–H and O–H groups in total. The Morgan fingerprint density at radius 2 is 2.27 bits per heavy atom. The second kappa shape index (κ2) is 4.94. The van der Waals surface area contributed by atoms with E-state index in [1.165, 1.54) is 12.3 Å².